The largest absolute Gasteiger partial charge is 0.496 e. The number of allylic oxidation sites excluding steroid dienone is 1. The maximum absolute atomic E-state index is 13.6. The molecule has 2 aromatic heterocycles. The van der Waals surface area contributed by atoms with Gasteiger partial charge in [-0.05, 0) is 38.3 Å². The molecular formula is C26H29N7O4. The van der Waals surface area contributed by atoms with Crippen molar-refractivity contribution in [1.82, 2.24) is 19.5 Å². The number of fused-ring (bicyclic) bond motifs is 1. The fourth-order valence-electron chi connectivity index (χ4n) is 5.39. The fourth-order valence-corrected chi connectivity index (χ4v) is 5.39. The molecule has 4 N–H and O–H groups in total. The Kier molecular flexibility index (Phi) is 6.06. The number of nitrogens with one attached hydrogen (secondary N) is 2. The molecule has 2 aliphatic rings. The molecule has 11 nitrogen and oxygen atoms in total. The molecular weight excluding hydrogens is 474 g/mol. The van der Waals surface area contributed by atoms with Crippen molar-refractivity contribution in [2.24, 2.45) is 11.1 Å². The monoisotopic (exact) mass is 503 g/mol. The second kappa shape index (κ2) is 9.23. The van der Waals surface area contributed by atoms with Crippen molar-refractivity contribution < 1.29 is 14.3 Å². The summed E-state index contributed by atoms with van der Waals surface area (Å²) < 4.78 is 6.97. The van der Waals surface area contributed by atoms with Gasteiger partial charge in [0.25, 0.3) is 11.5 Å². The second-order valence-corrected chi connectivity index (χ2v) is 9.52. The Labute approximate surface area is 213 Å². The number of likely N-dealkylation sites (tertiary alicyclic amines) is 1. The molecule has 1 spiro atoms. The number of aryl methyl sites for hydroxylation is 1. The average molecular weight is 504 g/mol. The summed E-state index contributed by atoms with van der Waals surface area (Å²) in [5, 5.41) is 10.2. The Bertz CT molecular complexity index is 1490. The summed E-state index contributed by atoms with van der Waals surface area (Å²) in [6, 6.07) is 6.84. The number of amides is 2. The first kappa shape index (κ1) is 24.3. The number of nitrogens with zero attached hydrogens (tertiary/aromatic N) is 4. The maximum Gasteiger partial charge on any atom is 0.266 e. The molecule has 0 bridgehead atoms. The Balaban J connectivity index is 1.32. The van der Waals surface area contributed by atoms with E-state index in [-0.39, 0.29) is 17.4 Å². The zero-order chi connectivity index (χ0) is 26.3. The van der Waals surface area contributed by atoms with Crippen molar-refractivity contribution >= 4 is 34.9 Å². The van der Waals surface area contributed by atoms with Crippen LogP contribution in [0.2, 0.25) is 0 Å². The summed E-state index contributed by atoms with van der Waals surface area (Å²) >= 11 is 0. The van der Waals surface area contributed by atoms with Crippen molar-refractivity contribution in [3.63, 3.8) is 0 Å². The number of aromatic nitrogens is 3. The highest BCUT2D eigenvalue weighted by Gasteiger charge is 2.49. The molecule has 2 amide bonds. The molecule has 2 fully saturated rings. The van der Waals surface area contributed by atoms with Crippen molar-refractivity contribution in [1.29, 1.82) is 5.41 Å². The lowest BCUT2D eigenvalue weighted by Crippen LogP contribution is -2.47. The standard InChI is InChI=1S/C26H29N7O4/c1-16-20(15-33-22(29-16)12-23(34)30-33)24(35)31-8-5-26(6-9-31)7-10-32(25(26)36)18-3-4-19(17(13-27)14-28)21(11-18)37-2/h3-4,11-15,27H,5-10,28H2,1-2H3,(H,30,34)/b17-14+,27-13?. The van der Waals surface area contributed by atoms with Crippen LogP contribution in [0.15, 0.2) is 41.5 Å². The smallest absolute Gasteiger partial charge is 0.266 e. The van der Waals surface area contributed by atoms with Gasteiger partial charge in [-0.25, -0.2) is 9.50 Å². The van der Waals surface area contributed by atoms with E-state index in [1.807, 2.05) is 12.1 Å². The van der Waals surface area contributed by atoms with Crippen LogP contribution < -0.4 is 20.9 Å². The summed E-state index contributed by atoms with van der Waals surface area (Å²) in [7, 11) is 1.55. The van der Waals surface area contributed by atoms with Gasteiger partial charge < -0.3 is 25.7 Å². The number of carbonyl (C=O) groups is 2. The van der Waals surface area contributed by atoms with Crippen molar-refractivity contribution in [2.45, 2.75) is 26.2 Å². The summed E-state index contributed by atoms with van der Waals surface area (Å²) in [5.74, 6) is 0.436. The third-order valence-corrected chi connectivity index (χ3v) is 7.56. The number of piperidine rings is 1. The summed E-state index contributed by atoms with van der Waals surface area (Å²) in [5.41, 5.74) is 8.24. The number of hydrogen-bond donors (Lipinski definition) is 3. The number of benzene rings is 1. The highest BCUT2D eigenvalue weighted by atomic mass is 16.5. The fraction of sp³-hybridized carbons (Fsp3) is 0.346. The predicted octanol–water partition coefficient (Wildman–Crippen LogP) is 1.95. The van der Waals surface area contributed by atoms with E-state index < -0.39 is 5.41 Å². The van der Waals surface area contributed by atoms with E-state index in [1.165, 1.54) is 16.8 Å². The van der Waals surface area contributed by atoms with E-state index in [0.717, 1.165) is 11.9 Å². The third kappa shape index (κ3) is 4.05. The summed E-state index contributed by atoms with van der Waals surface area (Å²) in [6.45, 7) is 3.26. The zero-order valence-corrected chi connectivity index (χ0v) is 20.8. The lowest BCUT2D eigenvalue weighted by Gasteiger charge is -2.38. The predicted molar refractivity (Wildman–Crippen MR) is 139 cm³/mol. The van der Waals surface area contributed by atoms with Gasteiger partial charge in [0.15, 0.2) is 5.65 Å². The molecule has 0 radical (unpaired) electrons. The minimum atomic E-state index is -0.511. The number of aromatic amines is 1. The van der Waals surface area contributed by atoms with E-state index >= 15 is 0 Å². The van der Waals surface area contributed by atoms with Crippen molar-refractivity contribution in [2.75, 3.05) is 31.6 Å². The number of H-pyrrole nitrogens is 1. The van der Waals surface area contributed by atoms with Crippen LogP contribution in [0.3, 0.4) is 0 Å². The average Bonchev–Trinajstić information content (AvgIpc) is 3.42. The van der Waals surface area contributed by atoms with Crippen LogP contribution in [-0.4, -0.2) is 64.3 Å². The van der Waals surface area contributed by atoms with Gasteiger partial charge in [-0.15, -0.1) is 0 Å². The number of anilines is 1. The summed E-state index contributed by atoms with van der Waals surface area (Å²) in [4.78, 5) is 46.5. The first-order chi connectivity index (χ1) is 17.8. The molecule has 2 saturated heterocycles. The van der Waals surface area contributed by atoms with Gasteiger partial charge in [0.05, 0.1) is 23.8 Å². The Morgan fingerprint density at radius 3 is 2.57 bits per heavy atom. The van der Waals surface area contributed by atoms with Crippen molar-refractivity contribution in [3.05, 3.63) is 63.8 Å². The number of ether oxygens (including phenoxy) is 1. The summed E-state index contributed by atoms with van der Waals surface area (Å²) in [6.07, 6.45) is 5.98. The van der Waals surface area contributed by atoms with Gasteiger partial charge in [0.1, 0.15) is 5.75 Å². The van der Waals surface area contributed by atoms with Crippen molar-refractivity contribution in [3.8, 4) is 5.75 Å². The van der Waals surface area contributed by atoms with Crippen LogP contribution in [0.5, 0.6) is 5.75 Å². The number of rotatable bonds is 5. The SMILES string of the molecule is COc1cc(N2CCC3(CCN(C(=O)c4cn5[nH]c(=O)cc5nc4C)CC3)C2=O)ccc1/C(C=N)=C/N. The van der Waals surface area contributed by atoms with Crippen LogP contribution >= 0.6 is 0 Å². The highest BCUT2D eigenvalue weighted by molar-refractivity contribution is 6.09. The van der Waals surface area contributed by atoms with E-state index in [4.69, 9.17) is 15.9 Å². The molecule has 0 atom stereocenters. The molecule has 2 aliphatic heterocycles. The number of nitrogens with two attached hydrogens (primary N) is 1. The Morgan fingerprint density at radius 2 is 1.89 bits per heavy atom. The van der Waals surface area contributed by atoms with Gasteiger partial charge >= 0.3 is 0 Å². The minimum Gasteiger partial charge on any atom is -0.496 e. The molecule has 192 valence electrons. The Morgan fingerprint density at radius 1 is 1.16 bits per heavy atom. The molecule has 37 heavy (non-hydrogen) atoms. The van der Waals surface area contributed by atoms with Crippen LogP contribution in [0.25, 0.3) is 11.2 Å². The molecule has 1 aromatic carbocycles. The van der Waals surface area contributed by atoms with Crippen LogP contribution in [0.1, 0.15) is 40.9 Å². The number of hydrogen-bond acceptors (Lipinski definition) is 7. The van der Waals surface area contributed by atoms with Gasteiger partial charge in [-0.3, -0.25) is 19.5 Å². The quantitative estimate of drug-likeness (QED) is 0.453. The van der Waals surface area contributed by atoms with E-state index in [1.54, 1.807) is 36.1 Å². The van der Waals surface area contributed by atoms with E-state index in [0.29, 0.717) is 72.7 Å². The molecule has 11 heteroatoms. The Hall–Kier alpha value is -4.41. The number of carbonyl (C=O) groups excluding carboxylic acids is 2. The molecule has 0 unspecified atom stereocenters. The second-order valence-electron chi connectivity index (χ2n) is 9.52. The van der Waals surface area contributed by atoms with Crippen LogP contribution in [0, 0.1) is 17.7 Å². The lowest BCUT2D eigenvalue weighted by atomic mass is 9.77. The lowest BCUT2D eigenvalue weighted by molar-refractivity contribution is -0.127. The van der Waals surface area contributed by atoms with E-state index in [2.05, 4.69) is 10.1 Å². The van der Waals surface area contributed by atoms with Gasteiger partial charge in [0.2, 0.25) is 5.91 Å². The van der Waals surface area contributed by atoms with E-state index in [9.17, 15) is 14.4 Å². The number of methoxy groups -OCH3 is 1. The van der Waals surface area contributed by atoms with Gasteiger partial charge in [-0.2, -0.15) is 0 Å². The molecule has 0 saturated carbocycles. The normalized spacial score (nSPS) is 17.6. The maximum atomic E-state index is 13.6. The van der Waals surface area contributed by atoms with Gasteiger partial charge in [-0.1, -0.05) is 0 Å². The third-order valence-electron chi connectivity index (χ3n) is 7.56. The topological polar surface area (TPSA) is 150 Å². The van der Waals surface area contributed by atoms with Gasteiger partial charge in [0, 0.05) is 67.2 Å². The van der Waals surface area contributed by atoms with Crippen LogP contribution in [-0.2, 0) is 4.79 Å². The highest BCUT2D eigenvalue weighted by Crippen LogP contribution is 2.44. The molecule has 5 rings (SSSR count). The zero-order valence-electron chi connectivity index (χ0n) is 20.8. The molecule has 3 aromatic rings. The minimum absolute atomic E-state index is 0.0558. The molecule has 0 aliphatic carbocycles. The first-order valence-electron chi connectivity index (χ1n) is 12.1. The first-order valence-corrected chi connectivity index (χ1v) is 12.1. The van der Waals surface area contributed by atoms with Crippen LogP contribution in [0.4, 0.5) is 5.69 Å². The molecule has 4 heterocycles.